The second-order valence-corrected chi connectivity index (χ2v) is 8.47. The maximum atomic E-state index is 13.6. The summed E-state index contributed by atoms with van der Waals surface area (Å²) in [5.41, 5.74) is 2.16. The fourth-order valence-corrected chi connectivity index (χ4v) is 5.24. The van der Waals surface area contributed by atoms with E-state index in [1.807, 2.05) is 6.07 Å². The summed E-state index contributed by atoms with van der Waals surface area (Å²) in [6.07, 6.45) is 0. The molecule has 0 spiro atoms. The zero-order valence-corrected chi connectivity index (χ0v) is 17.4. The van der Waals surface area contributed by atoms with E-state index < -0.39 is 0 Å². The van der Waals surface area contributed by atoms with Gasteiger partial charge in [0.2, 0.25) is 10.8 Å². The van der Waals surface area contributed by atoms with Gasteiger partial charge in [-0.15, -0.1) is 5.10 Å². The van der Waals surface area contributed by atoms with Crippen LogP contribution < -0.4 is 4.90 Å². The van der Waals surface area contributed by atoms with Crippen molar-refractivity contribution in [3.8, 4) is 5.88 Å². The van der Waals surface area contributed by atoms with Gasteiger partial charge in [0.25, 0.3) is 0 Å². The minimum Gasteiger partial charge on any atom is -0.492 e. The summed E-state index contributed by atoms with van der Waals surface area (Å²) in [6, 6.07) is 16.7. The molecule has 1 aliphatic rings. The zero-order valence-electron chi connectivity index (χ0n) is 16.6. The van der Waals surface area contributed by atoms with Crippen molar-refractivity contribution in [2.24, 2.45) is 0 Å². The lowest BCUT2D eigenvalue weighted by Gasteiger charge is -2.40. The maximum absolute atomic E-state index is 13.6. The molecule has 0 unspecified atom stereocenters. The highest BCUT2D eigenvalue weighted by atomic mass is 32.1. The number of fused-ring (bicyclic) bond motifs is 1. The second-order valence-electron chi connectivity index (χ2n) is 7.46. The number of anilines is 1. The molecule has 1 fully saturated rings. The minimum atomic E-state index is -0.270. The summed E-state index contributed by atoms with van der Waals surface area (Å²) in [5, 5.41) is 15.2. The standard InChI is InChI=1S/C22H22FN5OS/c1-15-24-22-28(25-15)21(29)20(30-22)19(16-7-9-17(23)10-8-16)27-13-11-26(12-14-27)18-5-3-2-4-6-18/h2-10,19,29H,11-14H2,1H3/t19-/m1/s1. The molecule has 1 saturated heterocycles. The monoisotopic (exact) mass is 423 g/mol. The summed E-state index contributed by atoms with van der Waals surface area (Å²) in [5.74, 6) is 0.460. The molecule has 0 amide bonds. The van der Waals surface area contributed by atoms with E-state index in [0.717, 1.165) is 36.6 Å². The number of benzene rings is 2. The molecule has 8 heteroatoms. The number of aromatic hydroxyl groups is 1. The summed E-state index contributed by atoms with van der Waals surface area (Å²) in [6.45, 7) is 5.20. The molecule has 1 aliphatic heterocycles. The molecule has 1 N–H and O–H groups in total. The smallest absolute Gasteiger partial charge is 0.230 e. The minimum absolute atomic E-state index is 0.107. The van der Waals surface area contributed by atoms with Crippen LogP contribution in [0.4, 0.5) is 10.1 Å². The Balaban J connectivity index is 1.48. The Labute approximate surface area is 177 Å². The van der Waals surface area contributed by atoms with Crippen molar-refractivity contribution < 1.29 is 9.50 Å². The van der Waals surface area contributed by atoms with Gasteiger partial charge in [-0.2, -0.15) is 4.52 Å². The van der Waals surface area contributed by atoms with E-state index in [1.54, 1.807) is 19.1 Å². The lowest BCUT2D eigenvalue weighted by atomic mass is 10.0. The first-order valence-electron chi connectivity index (χ1n) is 9.94. The SMILES string of the molecule is Cc1nc2sc([C@@H](c3ccc(F)cc3)N3CCN(c4ccccc4)CC3)c(O)n2n1. The van der Waals surface area contributed by atoms with Gasteiger partial charge in [-0.05, 0) is 36.8 Å². The van der Waals surface area contributed by atoms with Gasteiger partial charge >= 0.3 is 0 Å². The largest absolute Gasteiger partial charge is 0.492 e. The van der Waals surface area contributed by atoms with Crippen LogP contribution in [-0.4, -0.2) is 50.8 Å². The van der Waals surface area contributed by atoms with Gasteiger partial charge in [-0.1, -0.05) is 41.7 Å². The van der Waals surface area contributed by atoms with Crippen LogP contribution in [0.1, 0.15) is 22.3 Å². The molecule has 0 saturated carbocycles. The highest BCUT2D eigenvalue weighted by molar-refractivity contribution is 7.17. The first-order valence-corrected chi connectivity index (χ1v) is 10.8. The topological polar surface area (TPSA) is 56.9 Å². The number of hydrogen-bond donors (Lipinski definition) is 1. The molecule has 0 aliphatic carbocycles. The maximum Gasteiger partial charge on any atom is 0.230 e. The van der Waals surface area contributed by atoms with E-state index in [2.05, 4.69) is 44.1 Å². The third-order valence-corrected chi connectivity index (χ3v) is 6.61. The normalized spacial score (nSPS) is 16.3. The fraction of sp³-hybridized carbons (Fsp3) is 0.273. The van der Waals surface area contributed by atoms with Crippen molar-refractivity contribution in [1.29, 1.82) is 0 Å². The van der Waals surface area contributed by atoms with Crippen LogP contribution in [0.2, 0.25) is 0 Å². The van der Waals surface area contributed by atoms with Gasteiger partial charge < -0.3 is 10.0 Å². The number of aryl methyl sites for hydroxylation is 1. The average Bonchev–Trinajstić information content (AvgIpc) is 3.28. The molecule has 6 nitrogen and oxygen atoms in total. The number of aromatic nitrogens is 3. The molecule has 2 aromatic heterocycles. The molecule has 3 heterocycles. The Morgan fingerprint density at radius 2 is 1.70 bits per heavy atom. The average molecular weight is 424 g/mol. The highest BCUT2D eigenvalue weighted by Gasteiger charge is 2.31. The summed E-state index contributed by atoms with van der Waals surface area (Å²) >= 11 is 1.43. The molecule has 154 valence electrons. The predicted molar refractivity (Wildman–Crippen MR) is 116 cm³/mol. The lowest BCUT2D eigenvalue weighted by molar-refractivity contribution is 0.211. The van der Waals surface area contributed by atoms with Crippen LogP contribution >= 0.6 is 11.3 Å². The van der Waals surface area contributed by atoms with Crippen LogP contribution in [0.3, 0.4) is 0 Å². The molecule has 4 aromatic rings. The quantitative estimate of drug-likeness (QED) is 0.540. The fourth-order valence-electron chi connectivity index (χ4n) is 4.08. The van der Waals surface area contributed by atoms with E-state index in [-0.39, 0.29) is 17.7 Å². The number of thiazole rings is 1. The van der Waals surface area contributed by atoms with E-state index in [1.165, 1.54) is 33.7 Å². The van der Waals surface area contributed by atoms with Gasteiger partial charge in [0.1, 0.15) is 11.6 Å². The molecule has 0 bridgehead atoms. The number of hydrogen-bond acceptors (Lipinski definition) is 6. The number of rotatable bonds is 4. The third-order valence-electron chi connectivity index (χ3n) is 5.54. The van der Waals surface area contributed by atoms with Crippen LogP contribution in [0.25, 0.3) is 4.96 Å². The van der Waals surface area contributed by atoms with Gasteiger partial charge in [0.15, 0.2) is 0 Å². The Kier molecular flexibility index (Phi) is 4.88. The van der Waals surface area contributed by atoms with Crippen molar-refractivity contribution >= 4 is 22.0 Å². The van der Waals surface area contributed by atoms with E-state index in [0.29, 0.717) is 10.8 Å². The van der Waals surface area contributed by atoms with E-state index in [4.69, 9.17) is 0 Å². The molecule has 0 radical (unpaired) electrons. The Morgan fingerprint density at radius 1 is 1.00 bits per heavy atom. The Bertz CT molecular complexity index is 1150. The molecular weight excluding hydrogens is 401 g/mol. The molecule has 2 aromatic carbocycles. The van der Waals surface area contributed by atoms with Crippen molar-refractivity contribution in [3.63, 3.8) is 0 Å². The number of nitrogens with zero attached hydrogens (tertiary/aromatic N) is 5. The molecule has 5 rings (SSSR count). The van der Waals surface area contributed by atoms with Crippen molar-refractivity contribution in [2.75, 3.05) is 31.1 Å². The summed E-state index contributed by atoms with van der Waals surface area (Å²) in [4.78, 5) is 10.6. The van der Waals surface area contributed by atoms with Crippen LogP contribution in [0, 0.1) is 12.7 Å². The van der Waals surface area contributed by atoms with Gasteiger partial charge in [0.05, 0.1) is 10.9 Å². The van der Waals surface area contributed by atoms with Gasteiger partial charge in [-0.25, -0.2) is 9.37 Å². The molecule has 30 heavy (non-hydrogen) atoms. The first-order chi connectivity index (χ1) is 14.6. The number of halogens is 1. The van der Waals surface area contributed by atoms with Crippen LogP contribution in [0.5, 0.6) is 5.88 Å². The highest BCUT2D eigenvalue weighted by Crippen LogP contribution is 2.40. The summed E-state index contributed by atoms with van der Waals surface area (Å²) < 4.78 is 15.1. The van der Waals surface area contributed by atoms with Gasteiger partial charge in [0, 0.05) is 31.9 Å². The second kappa shape index (κ2) is 7.70. The van der Waals surface area contributed by atoms with Crippen molar-refractivity contribution in [2.45, 2.75) is 13.0 Å². The van der Waals surface area contributed by atoms with Crippen molar-refractivity contribution in [3.05, 3.63) is 76.7 Å². The van der Waals surface area contributed by atoms with E-state index >= 15 is 0 Å². The number of piperazine rings is 1. The molecule has 1 atom stereocenters. The Hall–Kier alpha value is -2.97. The van der Waals surface area contributed by atoms with Crippen LogP contribution in [0.15, 0.2) is 54.6 Å². The Morgan fingerprint density at radius 3 is 2.37 bits per heavy atom. The lowest BCUT2D eigenvalue weighted by Crippen LogP contribution is -2.47. The van der Waals surface area contributed by atoms with Crippen molar-refractivity contribution in [1.82, 2.24) is 19.5 Å². The third kappa shape index (κ3) is 3.42. The number of para-hydroxylation sites is 1. The molecular formula is C22H22FN5OS. The van der Waals surface area contributed by atoms with E-state index in [9.17, 15) is 9.50 Å². The zero-order chi connectivity index (χ0) is 20.7. The van der Waals surface area contributed by atoms with Gasteiger partial charge in [-0.3, -0.25) is 4.90 Å². The summed E-state index contributed by atoms with van der Waals surface area (Å²) in [7, 11) is 0. The van der Waals surface area contributed by atoms with Crippen LogP contribution in [-0.2, 0) is 0 Å². The first kappa shape index (κ1) is 19.0. The predicted octanol–water partition coefficient (Wildman–Crippen LogP) is 3.86.